The fraction of sp³-hybridized carbons (Fsp3) is 0.615. The second-order valence-corrected chi connectivity index (χ2v) is 12.6. The molecule has 2 atom stereocenters. The van der Waals surface area contributed by atoms with Crippen LogP contribution in [0.15, 0.2) is 41.4 Å². The highest BCUT2D eigenvalue weighted by molar-refractivity contribution is 7.89. The second kappa shape index (κ2) is 11.6. The third kappa shape index (κ3) is 6.13. The number of piperidine rings is 2. The van der Waals surface area contributed by atoms with Gasteiger partial charge < -0.3 is 10.2 Å². The zero-order valence-electron chi connectivity index (χ0n) is 20.9. The summed E-state index contributed by atoms with van der Waals surface area (Å²) in [5.41, 5.74) is 0. The number of halogens is 1. The Morgan fingerprint density at radius 1 is 0.861 bits per heavy atom. The van der Waals surface area contributed by atoms with E-state index in [4.69, 9.17) is 16.6 Å². The molecule has 3 aliphatic rings. The average Bonchev–Trinajstić information content (AvgIpc) is 3.19. The van der Waals surface area contributed by atoms with Gasteiger partial charge in [0.2, 0.25) is 16.0 Å². The Hall–Kier alpha value is -1.94. The molecule has 36 heavy (non-hydrogen) atoms. The highest BCUT2D eigenvalue weighted by Crippen LogP contribution is 2.27. The molecule has 0 amide bonds. The van der Waals surface area contributed by atoms with Crippen LogP contribution in [-0.4, -0.2) is 78.9 Å². The van der Waals surface area contributed by atoms with Crippen molar-refractivity contribution in [1.29, 1.82) is 0 Å². The first-order valence-electron chi connectivity index (χ1n) is 13.3. The first-order chi connectivity index (χ1) is 17.5. The number of nitrogens with one attached hydrogen (secondary N) is 1. The molecule has 0 aliphatic carbocycles. The Labute approximate surface area is 220 Å². The molecular formula is C26H37ClN6O2S. The molecule has 0 bridgehead atoms. The van der Waals surface area contributed by atoms with E-state index in [0.717, 1.165) is 57.7 Å². The summed E-state index contributed by atoms with van der Waals surface area (Å²) >= 11 is 5.97. The number of nitrogens with zero attached hydrogens (tertiary/aromatic N) is 5. The molecule has 1 aromatic heterocycles. The Bertz CT molecular complexity index is 1110. The minimum atomic E-state index is -3.52. The lowest BCUT2D eigenvalue weighted by atomic mass is 9.99. The highest BCUT2D eigenvalue weighted by Gasteiger charge is 2.34. The van der Waals surface area contributed by atoms with E-state index >= 15 is 0 Å². The third-order valence-corrected chi connectivity index (χ3v) is 9.82. The van der Waals surface area contributed by atoms with Crippen molar-refractivity contribution >= 4 is 33.4 Å². The highest BCUT2D eigenvalue weighted by atomic mass is 35.5. The summed E-state index contributed by atoms with van der Waals surface area (Å²) in [6.45, 7) is 5.07. The Kier molecular flexibility index (Phi) is 8.30. The number of sulfonamides is 1. The van der Waals surface area contributed by atoms with Gasteiger partial charge in [-0.05, 0) is 75.4 Å². The molecule has 5 rings (SSSR count). The number of benzene rings is 1. The van der Waals surface area contributed by atoms with Gasteiger partial charge in [0.15, 0.2) is 0 Å². The maximum Gasteiger partial charge on any atom is 0.243 e. The van der Waals surface area contributed by atoms with E-state index in [2.05, 4.69) is 20.1 Å². The molecule has 3 aliphatic heterocycles. The maximum absolute atomic E-state index is 13.2. The van der Waals surface area contributed by atoms with E-state index in [0.29, 0.717) is 29.0 Å². The van der Waals surface area contributed by atoms with Crippen molar-refractivity contribution < 1.29 is 8.42 Å². The van der Waals surface area contributed by atoms with Crippen molar-refractivity contribution in [2.45, 2.75) is 68.3 Å². The quantitative estimate of drug-likeness (QED) is 0.596. The van der Waals surface area contributed by atoms with E-state index in [9.17, 15) is 8.42 Å². The van der Waals surface area contributed by atoms with Gasteiger partial charge in [0.05, 0.1) is 4.90 Å². The lowest BCUT2D eigenvalue weighted by molar-refractivity contribution is 0.108. The predicted molar refractivity (Wildman–Crippen MR) is 144 cm³/mol. The number of rotatable bonds is 6. The molecule has 0 radical (unpaired) electrons. The van der Waals surface area contributed by atoms with Crippen molar-refractivity contribution in [1.82, 2.24) is 19.2 Å². The average molecular weight is 533 g/mol. The zero-order chi connectivity index (χ0) is 25.0. The summed E-state index contributed by atoms with van der Waals surface area (Å²) in [5, 5.41) is 4.12. The van der Waals surface area contributed by atoms with Crippen LogP contribution in [0.5, 0.6) is 0 Å². The second-order valence-electron chi connectivity index (χ2n) is 10.2. The van der Waals surface area contributed by atoms with Crippen LogP contribution in [-0.2, 0) is 10.0 Å². The molecule has 1 N–H and O–H groups in total. The topological polar surface area (TPSA) is 81.7 Å². The first kappa shape index (κ1) is 25.7. The lowest BCUT2D eigenvalue weighted by Crippen LogP contribution is -2.54. The van der Waals surface area contributed by atoms with E-state index in [1.165, 1.54) is 25.7 Å². The van der Waals surface area contributed by atoms with Gasteiger partial charge in [0.25, 0.3) is 0 Å². The maximum atomic E-state index is 13.2. The van der Waals surface area contributed by atoms with Crippen molar-refractivity contribution in [2.24, 2.45) is 0 Å². The van der Waals surface area contributed by atoms with Gasteiger partial charge in [-0.3, -0.25) is 4.90 Å². The van der Waals surface area contributed by atoms with Gasteiger partial charge in [-0.1, -0.05) is 24.4 Å². The number of likely N-dealkylation sites (tertiary alicyclic amines) is 1. The predicted octanol–water partition coefficient (Wildman–Crippen LogP) is 4.24. The fourth-order valence-electron chi connectivity index (χ4n) is 5.73. The minimum absolute atomic E-state index is 0.217. The number of aromatic nitrogens is 2. The molecule has 2 unspecified atom stereocenters. The van der Waals surface area contributed by atoms with Crippen LogP contribution in [0.3, 0.4) is 0 Å². The molecule has 10 heteroatoms. The van der Waals surface area contributed by atoms with Gasteiger partial charge in [-0.15, -0.1) is 0 Å². The lowest BCUT2D eigenvalue weighted by Gasteiger charge is -2.42. The van der Waals surface area contributed by atoms with Crippen LogP contribution < -0.4 is 10.2 Å². The molecule has 1 aromatic carbocycles. The normalized spacial score (nSPS) is 24.9. The molecule has 196 valence electrons. The van der Waals surface area contributed by atoms with Crippen LogP contribution in [0.2, 0.25) is 5.02 Å². The van der Waals surface area contributed by atoms with Crippen molar-refractivity contribution in [3.05, 3.63) is 41.6 Å². The van der Waals surface area contributed by atoms with Gasteiger partial charge in [-0.25, -0.2) is 13.4 Å². The summed E-state index contributed by atoms with van der Waals surface area (Å²) in [4.78, 5) is 14.5. The van der Waals surface area contributed by atoms with Crippen LogP contribution in [0.1, 0.15) is 51.4 Å². The van der Waals surface area contributed by atoms with Gasteiger partial charge >= 0.3 is 0 Å². The molecule has 3 fully saturated rings. The zero-order valence-corrected chi connectivity index (χ0v) is 22.4. The summed E-state index contributed by atoms with van der Waals surface area (Å²) in [6.07, 6.45) is 10.9. The molecule has 0 spiro atoms. The van der Waals surface area contributed by atoms with Crippen molar-refractivity contribution in [3.63, 3.8) is 0 Å². The van der Waals surface area contributed by atoms with Gasteiger partial charge in [-0.2, -0.15) is 9.29 Å². The molecule has 4 heterocycles. The monoisotopic (exact) mass is 532 g/mol. The van der Waals surface area contributed by atoms with Gasteiger partial charge in [0, 0.05) is 56.0 Å². The summed E-state index contributed by atoms with van der Waals surface area (Å²) < 4.78 is 28.1. The smallest absolute Gasteiger partial charge is 0.243 e. The first-order valence-corrected chi connectivity index (χ1v) is 15.2. The largest absolute Gasteiger partial charge is 0.356 e. The SMILES string of the molecule is O=S(=O)(c1ccc(Cl)cc1)N1CCCC(N2CCCC(Nc3nccc(N4CCCCCC4)n3)C2)C1. The van der Waals surface area contributed by atoms with E-state index in [1.54, 1.807) is 28.6 Å². The summed E-state index contributed by atoms with van der Waals surface area (Å²) in [5.74, 6) is 1.71. The third-order valence-electron chi connectivity index (χ3n) is 7.68. The fourth-order valence-corrected chi connectivity index (χ4v) is 7.37. The number of hydrogen-bond acceptors (Lipinski definition) is 7. The van der Waals surface area contributed by atoms with Crippen LogP contribution >= 0.6 is 11.6 Å². The van der Waals surface area contributed by atoms with Crippen LogP contribution in [0.25, 0.3) is 0 Å². The van der Waals surface area contributed by atoms with E-state index < -0.39 is 10.0 Å². The molecule has 2 aromatic rings. The minimum Gasteiger partial charge on any atom is -0.356 e. The molecular weight excluding hydrogens is 496 g/mol. The van der Waals surface area contributed by atoms with Gasteiger partial charge in [0.1, 0.15) is 5.82 Å². The van der Waals surface area contributed by atoms with Crippen LogP contribution in [0, 0.1) is 0 Å². The molecule has 8 nitrogen and oxygen atoms in total. The van der Waals surface area contributed by atoms with Crippen molar-refractivity contribution in [2.75, 3.05) is 49.5 Å². The molecule has 3 saturated heterocycles. The summed E-state index contributed by atoms with van der Waals surface area (Å²) in [6, 6.07) is 8.96. The van der Waals surface area contributed by atoms with E-state index in [1.807, 2.05) is 12.3 Å². The number of hydrogen-bond donors (Lipinski definition) is 1. The number of anilines is 2. The molecule has 0 saturated carbocycles. The van der Waals surface area contributed by atoms with Crippen molar-refractivity contribution in [3.8, 4) is 0 Å². The Morgan fingerprint density at radius 2 is 1.61 bits per heavy atom. The standard InChI is InChI=1S/C26H37ClN6O2S/c27-21-9-11-24(12-10-21)36(34,35)33-18-6-8-23(20-33)32-17-5-7-22(19-32)29-26-28-14-13-25(30-26)31-15-3-1-2-4-16-31/h9-14,22-23H,1-8,15-20H2,(H,28,29,30). The Balaban J connectivity index is 1.21. The summed E-state index contributed by atoms with van der Waals surface area (Å²) in [7, 11) is -3.52. The van der Waals surface area contributed by atoms with E-state index in [-0.39, 0.29) is 12.1 Å². The van der Waals surface area contributed by atoms with Crippen LogP contribution in [0.4, 0.5) is 11.8 Å². The Morgan fingerprint density at radius 3 is 2.39 bits per heavy atom.